The molecule has 1 aliphatic heterocycles. The fraction of sp³-hybridized carbons (Fsp3) is 0.100. The van der Waals surface area contributed by atoms with Gasteiger partial charge < -0.3 is 15.4 Å². The molecular formula is C30H23ClFN3O4. The topological polar surface area (TPSA) is 87.7 Å². The Morgan fingerprint density at radius 1 is 0.846 bits per heavy atom. The maximum absolute atomic E-state index is 13.6. The van der Waals surface area contributed by atoms with E-state index in [0.717, 1.165) is 5.56 Å². The molecule has 1 aliphatic rings. The lowest BCUT2D eigenvalue weighted by Gasteiger charge is -2.24. The molecule has 2 atom stereocenters. The number of nitrogens with zero attached hydrogens (tertiary/aromatic N) is 1. The van der Waals surface area contributed by atoms with Crippen molar-refractivity contribution in [2.75, 3.05) is 10.6 Å². The van der Waals surface area contributed by atoms with Crippen molar-refractivity contribution in [3.63, 3.8) is 0 Å². The molecule has 0 spiro atoms. The quantitative estimate of drug-likeness (QED) is 0.281. The van der Waals surface area contributed by atoms with Gasteiger partial charge in [-0.2, -0.15) is 0 Å². The maximum Gasteiger partial charge on any atom is 0.411 e. The van der Waals surface area contributed by atoms with Crippen LogP contribution in [0.1, 0.15) is 27.6 Å². The van der Waals surface area contributed by atoms with Crippen molar-refractivity contribution in [1.82, 2.24) is 4.90 Å². The highest BCUT2D eigenvalue weighted by molar-refractivity contribution is 6.30. The molecule has 1 fully saturated rings. The molecule has 4 aromatic carbocycles. The van der Waals surface area contributed by atoms with E-state index in [1.54, 1.807) is 66.7 Å². The number of amides is 3. The van der Waals surface area contributed by atoms with Crippen LogP contribution in [0.15, 0.2) is 103 Å². The number of carbonyl (C=O) groups is 3. The number of carbonyl (C=O) groups excluding carboxylic acids is 3. The summed E-state index contributed by atoms with van der Waals surface area (Å²) in [5, 5.41) is 6.13. The average Bonchev–Trinajstić information content (AvgIpc) is 3.25. The number of anilines is 2. The van der Waals surface area contributed by atoms with Crippen molar-refractivity contribution >= 4 is 40.9 Å². The molecule has 0 radical (unpaired) electrons. The minimum atomic E-state index is -1.01. The van der Waals surface area contributed by atoms with Crippen molar-refractivity contribution in [3.8, 4) is 0 Å². The summed E-state index contributed by atoms with van der Waals surface area (Å²) in [7, 11) is 0. The summed E-state index contributed by atoms with van der Waals surface area (Å²) in [6.45, 7) is 0.101. The van der Waals surface area contributed by atoms with Crippen LogP contribution in [0.2, 0.25) is 5.02 Å². The number of hydrogen-bond acceptors (Lipinski definition) is 4. The minimum Gasteiger partial charge on any atom is -0.438 e. The third kappa shape index (κ3) is 6.08. The van der Waals surface area contributed by atoms with Gasteiger partial charge >= 0.3 is 6.09 Å². The Bertz CT molecular complexity index is 1510. The number of para-hydroxylation sites is 1. The van der Waals surface area contributed by atoms with E-state index >= 15 is 0 Å². The van der Waals surface area contributed by atoms with Gasteiger partial charge in [0.15, 0.2) is 12.1 Å². The molecule has 0 bridgehead atoms. The molecular weight excluding hydrogens is 521 g/mol. The number of hydrogen-bond donors (Lipinski definition) is 2. The lowest BCUT2D eigenvalue weighted by atomic mass is 10.00. The fourth-order valence-corrected chi connectivity index (χ4v) is 4.59. The van der Waals surface area contributed by atoms with Crippen molar-refractivity contribution in [3.05, 3.63) is 131 Å². The van der Waals surface area contributed by atoms with E-state index in [4.69, 9.17) is 16.3 Å². The lowest BCUT2D eigenvalue weighted by molar-refractivity contribution is -0.121. The first-order valence-electron chi connectivity index (χ1n) is 12.1. The summed E-state index contributed by atoms with van der Waals surface area (Å²) in [6.07, 6.45) is -1.61. The van der Waals surface area contributed by atoms with Crippen LogP contribution in [-0.4, -0.2) is 28.8 Å². The van der Waals surface area contributed by atoms with Crippen LogP contribution in [0.4, 0.5) is 20.6 Å². The molecule has 0 saturated carbocycles. The Labute approximate surface area is 229 Å². The van der Waals surface area contributed by atoms with Gasteiger partial charge in [0.1, 0.15) is 5.82 Å². The molecule has 0 aromatic heterocycles. The van der Waals surface area contributed by atoms with E-state index in [9.17, 15) is 18.8 Å². The first kappa shape index (κ1) is 25.9. The predicted molar refractivity (Wildman–Crippen MR) is 146 cm³/mol. The average molecular weight is 544 g/mol. The number of rotatable bonds is 7. The fourth-order valence-electron chi connectivity index (χ4n) is 4.38. The van der Waals surface area contributed by atoms with Crippen molar-refractivity contribution < 1.29 is 23.5 Å². The minimum absolute atomic E-state index is 0.101. The van der Waals surface area contributed by atoms with Gasteiger partial charge in [-0.25, -0.2) is 9.18 Å². The molecule has 1 heterocycles. The van der Waals surface area contributed by atoms with Crippen LogP contribution in [0.3, 0.4) is 0 Å². The SMILES string of the molecule is O=C(Nc1cccc([C@H]2OC(=O)N(Cc3cccc(Cl)c3)[C@@H]2C(=O)Nc2ccccc2)c1)c1ccc(F)cc1. The van der Waals surface area contributed by atoms with E-state index in [1.165, 1.54) is 29.2 Å². The molecule has 0 unspecified atom stereocenters. The molecule has 39 heavy (non-hydrogen) atoms. The van der Waals surface area contributed by atoms with Gasteiger partial charge in [0, 0.05) is 22.0 Å². The maximum atomic E-state index is 13.6. The zero-order valence-electron chi connectivity index (χ0n) is 20.5. The molecule has 7 nitrogen and oxygen atoms in total. The molecule has 9 heteroatoms. The number of nitrogens with one attached hydrogen (secondary N) is 2. The highest BCUT2D eigenvalue weighted by Gasteiger charge is 2.47. The summed E-state index contributed by atoms with van der Waals surface area (Å²) in [5.41, 5.74) is 2.53. The van der Waals surface area contributed by atoms with Crippen molar-refractivity contribution in [2.24, 2.45) is 0 Å². The van der Waals surface area contributed by atoms with Gasteiger partial charge in [-0.15, -0.1) is 0 Å². The summed E-state index contributed by atoms with van der Waals surface area (Å²) in [5.74, 6) is -1.31. The lowest BCUT2D eigenvalue weighted by Crippen LogP contribution is -2.43. The second-order valence-corrected chi connectivity index (χ2v) is 9.39. The van der Waals surface area contributed by atoms with Crippen molar-refractivity contribution in [2.45, 2.75) is 18.7 Å². The first-order valence-corrected chi connectivity index (χ1v) is 12.5. The van der Waals surface area contributed by atoms with Crippen LogP contribution < -0.4 is 10.6 Å². The van der Waals surface area contributed by atoms with Gasteiger partial charge in [-0.1, -0.05) is 54.1 Å². The van der Waals surface area contributed by atoms with Gasteiger partial charge in [0.05, 0.1) is 6.54 Å². The molecule has 196 valence electrons. The van der Waals surface area contributed by atoms with Gasteiger partial charge in [0.25, 0.3) is 11.8 Å². The highest BCUT2D eigenvalue weighted by atomic mass is 35.5. The number of cyclic esters (lactones) is 1. The summed E-state index contributed by atoms with van der Waals surface area (Å²) < 4.78 is 19.0. The zero-order valence-corrected chi connectivity index (χ0v) is 21.3. The molecule has 0 aliphatic carbocycles. The smallest absolute Gasteiger partial charge is 0.411 e. The Morgan fingerprint density at radius 2 is 1.56 bits per heavy atom. The summed E-state index contributed by atoms with van der Waals surface area (Å²) in [4.78, 5) is 40.7. The van der Waals surface area contributed by atoms with E-state index in [-0.39, 0.29) is 12.1 Å². The van der Waals surface area contributed by atoms with Crippen LogP contribution in [-0.2, 0) is 16.1 Å². The second kappa shape index (κ2) is 11.4. The van der Waals surface area contributed by atoms with Gasteiger partial charge in [-0.3, -0.25) is 14.5 Å². The van der Waals surface area contributed by atoms with Crippen LogP contribution in [0.5, 0.6) is 0 Å². The second-order valence-electron chi connectivity index (χ2n) is 8.95. The zero-order chi connectivity index (χ0) is 27.4. The van der Waals surface area contributed by atoms with Crippen LogP contribution in [0.25, 0.3) is 0 Å². The van der Waals surface area contributed by atoms with E-state index in [0.29, 0.717) is 22.0 Å². The third-order valence-electron chi connectivity index (χ3n) is 6.22. The van der Waals surface area contributed by atoms with Gasteiger partial charge in [-0.05, 0) is 71.8 Å². The molecule has 4 aromatic rings. The van der Waals surface area contributed by atoms with E-state index < -0.39 is 35.9 Å². The normalized spacial score (nSPS) is 16.5. The summed E-state index contributed by atoms with van der Waals surface area (Å²) >= 11 is 6.14. The predicted octanol–water partition coefficient (Wildman–Crippen LogP) is 6.43. The molecule has 3 amide bonds. The third-order valence-corrected chi connectivity index (χ3v) is 6.45. The Balaban J connectivity index is 1.43. The Hall–Kier alpha value is -4.69. The van der Waals surface area contributed by atoms with E-state index in [1.807, 2.05) is 12.1 Å². The largest absolute Gasteiger partial charge is 0.438 e. The highest BCUT2D eigenvalue weighted by Crippen LogP contribution is 2.36. The standard InChI is InChI=1S/C30H23ClFN3O4/c31-22-8-4-6-19(16-22)18-35-26(29(37)33-24-9-2-1-3-10-24)27(39-30(35)38)21-7-5-11-25(17-21)34-28(36)20-12-14-23(32)15-13-20/h1-17,26-27H,18H2,(H,33,37)(H,34,36)/t26-,27+/m0/s1. The first-order chi connectivity index (χ1) is 18.9. The van der Waals surface area contributed by atoms with Crippen LogP contribution >= 0.6 is 11.6 Å². The van der Waals surface area contributed by atoms with Crippen molar-refractivity contribution in [1.29, 1.82) is 0 Å². The Morgan fingerprint density at radius 3 is 2.31 bits per heavy atom. The molecule has 1 saturated heterocycles. The molecule has 2 N–H and O–H groups in total. The van der Waals surface area contributed by atoms with Crippen LogP contribution in [0, 0.1) is 5.82 Å². The molecule has 5 rings (SSSR count). The number of ether oxygens (including phenoxy) is 1. The van der Waals surface area contributed by atoms with Gasteiger partial charge in [0.2, 0.25) is 0 Å². The number of halogens is 2. The summed E-state index contributed by atoms with van der Waals surface area (Å²) in [6, 6.07) is 26.8. The number of benzene rings is 4. The van der Waals surface area contributed by atoms with E-state index in [2.05, 4.69) is 10.6 Å². The monoisotopic (exact) mass is 543 g/mol. The Kier molecular flexibility index (Phi) is 7.56.